The third kappa shape index (κ3) is 4.87. The van der Waals surface area contributed by atoms with Crippen LogP contribution in [-0.4, -0.2) is 25.6 Å². The van der Waals surface area contributed by atoms with Crippen molar-refractivity contribution in [3.05, 3.63) is 18.2 Å². The van der Waals surface area contributed by atoms with E-state index in [0.717, 1.165) is 6.42 Å². The maximum atomic E-state index is 11.5. The smallest absolute Gasteiger partial charge is 0.319 e. The maximum Gasteiger partial charge on any atom is 0.319 e. The van der Waals surface area contributed by atoms with Gasteiger partial charge in [0.15, 0.2) is 0 Å². The van der Waals surface area contributed by atoms with Gasteiger partial charge < -0.3 is 20.7 Å². The van der Waals surface area contributed by atoms with E-state index in [1.54, 1.807) is 18.2 Å². The van der Waals surface area contributed by atoms with E-state index < -0.39 is 0 Å². The Labute approximate surface area is 112 Å². The van der Waals surface area contributed by atoms with Gasteiger partial charge in [0, 0.05) is 19.2 Å². The number of hydrogen-bond donors (Lipinski definition) is 3. The van der Waals surface area contributed by atoms with E-state index in [1.807, 2.05) is 6.92 Å². The summed E-state index contributed by atoms with van der Waals surface area (Å²) in [5.41, 5.74) is 1.10. The molecule has 0 atom stereocenters. The second kappa shape index (κ2) is 7.25. The van der Waals surface area contributed by atoms with Gasteiger partial charge in [-0.1, -0.05) is 6.92 Å². The molecule has 0 aliphatic carbocycles. The Bertz CT molecular complexity index is 460. The lowest BCUT2D eigenvalue weighted by molar-refractivity contribution is -0.114. The zero-order valence-corrected chi connectivity index (χ0v) is 11.4. The van der Waals surface area contributed by atoms with Gasteiger partial charge in [0.25, 0.3) is 0 Å². The molecule has 1 rings (SSSR count). The normalized spacial score (nSPS) is 9.63. The summed E-state index contributed by atoms with van der Waals surface area (Å²) in [6.07, 6.45) is 0.868. The molecule has 1 aromatic carbocycles. The number of carbonyl (C=O) groups excluding carboxylic acids is 2. The highest BCUT2D eigenvalue weighted by atomic mass is 16.5. The van der Waals surface area contributed by atoms with E-state index >= 15 is 0 Å². The van der Waals surface area contributed by atoms with Gasteiger partial charge in [0.05, 0.1) is 12.8 Å². The highest BCUT2D eigenvalue weighted by Gasteiger charge is 2.07. The van der Waals surface area contributed by atoms with Crippen LogP contribution in [0.25, 0.3) is 0 Å². The van der Waals surface area contributed by atoms with Crippen molar-refractivity contribution in [1.29, 1.82) is 0 Å². The molecule has 3 amide bonds. The van der Waals surface area contributed by atoms with Gasteiger partial charge in [-0.15, -0.1) is 0 Å². The van der Waals surface area contributed by atoms with Gasteiger partial charge in [-0.2, -0.15) is 0 Å². The number of anilines is 2. The van der Waals surface area contributed by atoms with Crippen LogP contribution in [0.1, 0.15) is 20.3 Å². The molecule has 6 heteroatoms. The summed E-state index contributed by atoms with van der Waals surface area (Å²) in [4.78, 5) is 22.6. The lowest BCUT2D eigenvalue weighted by atomic mass is 10.2. The Morgan fingerprint density at radius 3 is 2.58 bits per heavy atom. The van der Waals surface area contributed by atoms with Crippen molar-refractivity contribution in [2.75, 3.05) is 24.3 Å². The molecule has 104 valence electrons. The van der Waals surface area contributed by atoms with Crippen LogP contribution in [0.3, 0.4) is 0 Å². The molecular formula is C13H19N3O3. The van der Waals surface area contributed by atoms with Crippen molar-refractivity contribution in [2.45, 2.75) is 20.3 Å². The minimum Gasteiger partial charge on any atom is -0.495 e. The van der Waals surface area contributed by atoms with E-state index in [2.05, 4.69) is 16.0 Å². The molecule has 0 saturated heterocycles. The van der Waals surface area contributed by atoms with Crippen molar-refractivity contribution in [2.24, 2.45) is 0 Å². The monoisotopic (exact) mass is 265 g/mol. The van der Waals surface area contributed by atoms with Crippen molar-refractivity contribution in [1.82, 2.24) is 5.32 Å². The molecule has 0 saturated carbocycles. The molecule has 1 aromatic rings. The molecule has 0 heterocycles. The number of benzene rings is 1. The molecule has 0 fully saturated rings. The number of methoxy groups -OCH3 is 1. The van der Waals surface area contributed by atoms with Crippen LogP contribution < -0.4 is 20.7 Å². The third-order valence-corrected chi connectivity index (χ3v) is 2.30. The first-order valence-corrected chi connectivity index (χ1v) is 6.07. The highest BCUT2D eigenvalue weighted by Crippen LogP contribution is 2.27. The maximum absolute atomic E-state index is 11.5. The average Bonchev–Trinajstić information content (AvgIpc) is 2.36. The lowest BCUT2D eigenvalue weighted by Gasteiger charge is -2.12. The number of carbonyl (C=O) groups is 2. The van der Waals surface area contributed by atoms with Crippen LogP contribution in [0, 0.1) is 0 Å². The number of nitrogens with one attached hydrogen (secondary N) is 3. The van der Waals surface area contributed by atoms with Gasteiger partial charge in [0.2, 0.25) is 5.91 Å². The summed E-state index contributed by atoms with van der Waals surface area (Å²) in [6.45, 7) is 4.00. The van der Waals surface area contributed by atoms with Crippen LogP contribution in [0.15, 0.2) is 18.2 Å². The zero-order chi connectivity index (χ0) is 14.3. The number of rotatable bonds is 5. The predicted molar refractivity (Wildman–Crippen MR) is 74.6 cm³/mol. The average molecular weight is 265 g/mol. The van der Waals surface area contributed by atoms with E-state index in [4.69, 9.17) is 4.74 Å². The molecule has 0 bridgehead atoms. The standard InChI is InChI=1S/C13H19N3O3/c1-4-7-14-13(18)16-10-5-6-12(19-3)11(8-10)15-9(2)17/h5-6,8H,4,7H2,1-3H3,(H,15,17)(H2,14,16,18). The molecule has 0 aromatic heterocycles. The highest BCUT2D eigenvalue weighted by molar-refractivity contribution is 5.94. The molecule has 0 spiro atoms. The second-order valence-electron chi connectivity index (χ2n) is 3.98. The van der Waals surface area contributed by atoms with E-state index in [-0.39, 0.29) is 11.9 Å². The molecular weight excluding hydrogens is 246 g/mol. The first-order chi connectivity index (χ1) is 9.06. The minimum atomic E-state index is -0.277. The van der Waals surface area contributed by atoms with E-state index in [0.29, 0.717) is 23.7 Å². The summed E-state index contributed by atoms with van der Waals surface area (Å²) < 4.78 is 5.13. The fraction of sp³-hybridized carbons (Fsp3) is 0.385. The SMILES string of the molecule is CCCNC(=O)Nc1ccc(OC)c(NC(C)=O)c1. The lowest BCUT2D eigenvalue weighted by Crippen LogP contribution is -2.29. The molecule has 19 heavy (non-hydrogen) atoms. The van der Waals surface area contributed by atoms with Crippen molar-refractivity contribution >= 4 is 23.3 Å². The summed E-state index contributed by atoms with van der Waals surface area (Å²) in [5, 5.41) is 8.03. The van der Waals surface area contributed by atoms with Gasteiger partial charge in [-0.25, -0.2) is 4.79 Å². The number of ether oxygens (including phenoxy) is 1. The van der Waals surface area contributed by atoms with Crippen LogP contribution >= 0.6 is 0 Å². The molecule has 0 unspecified atom stereocenters. The first kappa shape index (κ1) is 14.8. The van der Waals surface area contributed by atoms with Crippen LogP contribution in [0.4, 0.5) is 16.2 Å². The van der Waals surface area contributed by atoms with Crippen LogP contribution in [0.5, 0.6) is 5.75 Å². The Kier molecular flexibility index (Phi) is 5.66. The van der Waals surface area contributed by atoms with Gasteiger partial charge in [0.1, 0.15) is 5.75 Å². The fourth-order valence-corrected chi connectivity index (χ4v) is 1.49. The van der Waals surface area contributed by atoms with Gasteiger partial charge in [-0.3, -0.25) is 4.79 Å². The van der Waals surface area contributed by atoms with Crippen molar-refractivity contribution in [3.8, 4) is 5.75 Å². The first-order valence-electron chi connectivity index (χ1n) is 6.07. The minimum absolute atomic E-state index is 0.203. The van der Waals surface area contributed by atoms with Crippen molar-refractivity contribution in [3.63, 3.8) is 0 Å². The van der Waals surface area contributed by atoms with Crippen LogP contribution in [-0.2, 0) is 4.79 Å². The summed E-state index contributed by atoms with van der Waals surface area (Å²) in [6, 6.07) is 4.75. The quantitative estimate of drug-likeness (QED) is 0.763. The predicted octanol–water partition coefficient (Wildman–Crippen LogP) is 2.19. The molecule has 3 N–H and O–H groups in total. The second-order valence-corrected chi connectivity index (χ2v) is 3.98. The third-order valence-electron chi connectivity index (χ3n) is 2.30. The topological polar surface area (TPSA) is 79.5 Å². The Balaban J connectivity index is 2.79. The van der Waals surface area contributed by atoms with Crippen LogP contribution in [0.2, 0.25) is 0 Å². The largest absolute Gasteiger partial charge is 0.495 e. The van der Waals surface area contributed by atoms with Gasteiger partial charge in [-0.05, 0) is 24.6 Å². The molecule has 0 aliphatic heterocycles. The zero-order valence-electron chi connectivity index (χ0n) is 11.4. The number of hydrogen-bond acceptors (Lipinski definition) is 3. The van der Waals surface area contributed by atoms with Gasteiger partial charge >= 0.3 is 6.03 Å². The number of amides is 3. The Hall–Kier alpha value is -2.24. The Morgan fingerprint density at radius 1 is 1.26 bits per heavy atom. The van der Waals surface area contributed by atoms with E-state index in [9.17, 15) is 9.59 Å². The fourth-order valence-electron chi connectivity index (χ4n) is 1.49. The molecule has 6 nitrogen and oxygen atoms in total. The Morgan fingerprint density at radius 2 is 2.00 bits per heavy atom. The summed E-state index contributed by atoms with van der Waals surface area (Å²) in [5.74, 6) is 0.334. The van der Waals surface area contributed by atoms with E-state index in [1.165, 1.54) is 14.0 Å². The molecule has 0 aliphatic rings. The summed E-state index contributed by atoms with van der Waals surface area (Å²) >= 11 is 0. The number of urea groups is 1. The molecule has 0 radical (unpaired) electrons. The summed E-state index contributed by atoms with van der Waals surface area (Å²) in [7, 11) is 1.52. The van der Waals surface area contributed by atoms with Crippen molar-refractivity contribution < 1.29 is 14.3 Å².